The minimum atomic E-state index is -4.07. The summed E-state index contributed by atoms with van der Waals surface area (Å²) < 4.78 is 53.8. The van der Waals surface area contributed by atoms with Gasteiger partial charge in [0, 0.05) is 17.2 Å². The van der Waals surface area contributed by atoms with Gasteiger partial charge in [-0.1, -0.05) is 12.1 Å². The maximum Gasteiger partial charge on any atom is 0.329 e. The standard InChI is InChI=1S/C11H8ClF4N3/c12-19-8-4-2-1-3-7(8)9(17-19)18-5-10(13,14)11(15,16)6-18/h1-4H,5-6H2. The Morgan fingerprint density at radius 3 is 2.26 bits per heavy atom. The van der Waals surface area contributed by atoms with E-state index in [1.807, 2.05) is 0 Å². The molecular weight excluding hydrogens is 286 g/mol. The van der Waals surface area contributed by atoms with Crippen molar-refractivity contribution in [3.05, 3.63) is 24.3 Å². The van der Waals surface area contributed by atoms with Gasteiger partial charge in [-0.25, -0.2) is 0 Å². The fraction of sp³-hybridized carbons (Fsp3) is 0.364. The lowest BCUT2D eigenvalue weighted by Crippen LogP contribution is -2.38. The summed E-state index contributed by atoms with van der Waals surface area (Å²) in [6.07, 6.45) is 0. The molecule has 3 nitrogen and oxygen atoms in total. The fourth-order valence-electron chi connectivity index (χ4n) is 2.16. The van der Waals surface area contributed by atoms with Crippen molar-refractivity contribution in [2.24, 2.45) is 0 Å². The Bertz CT molecular complexity index is 624. The Balaban J connectivity index is 2.08. The molecule has 0 atom stereocenters. The summed E-state index contributed by atoms with van der Waals surface area (Å²) >= 11 is 5.80. The summed E-state index contributed by atoms with van der Waals surface area (Å²) in [5, 5.41) is 4.31. The number of fused-ring (bicyclic) bond motifs is 1. The second-order valence-corrected chi connectivity index (χ2v) is 4.79. The van der Waals surface area contributed by atoms with E-state index in [-0.39, 0.29) is 5.82 Å². The van der Waals surface area contributed by atoms with Gasteiger partial charge in [-0.05, 0) is 12.1 Å². The Morgan fingerprint density at radius 1 is 1.05 bits per heavy atom. The number of hydrogen-bond donors (Lipinski definition) is 0. The number of nitrogens with zero attached hydrogens (tertiary/aromatic N) is 3. The van der Waals surface area contributed by atoms with Crippen LogP contribution < -0.4 is 4.90 Å². The van der Waals surface area contributed by atoms with E-state index >= 15 is 0 Å². The number of alkyl halides is 4. The largest absolute Gasteiger partial charge is 0.342 e. The van der Waals surface area contributed by atoms with Crippen LogP contribution in [-0.4, -0.2) is 34.2 Å². The highest BCUT2D eigenvalue weighted by atomic mass is 35.5. The first-order valence-electron chi connectivity index (χ1n) is 5.46. The number of rotatable bonds is 1. The Labute approximate surface area is 110 Å². The van der Waals surface area contributed by atoms with Gasteiger partial charge in [-0.15, -0.1) is 5.10 Å². The van der Waals surface area contributed by atoms with Gasteiger partial charge in [0.15, 0.2) is 5.82 Å². The van der Waals surface area contributed by atoms with Crippen molar-refractivity contribution in [2.75, 3.05) is 18.0 Å². The van der Waals surface area contributed by atoms with Crippen LogP contribution in [0.25, 0.3) is 10.9 Å². The molecule has 1 aromatic carbocycles. The lowest BCUT2D eigenvalue weighted by atomic mass is 10.2. The van der Waals surface area contributed by atoms with Crippen LogP contribution in [0, 0.1) is 0 Å². The van der Waals surface area contributed by atoms with Crippen LogP contribution >= 0.6 is 11.8 Å². The van der Waals surface area contributed by atoms with Crippen LogP contribution in [0.15, 0.2) is 24.3 Å². The molecule has 3 rings (SSSR count). The summed E-state index contributed by atoms with van der Waals surface area (Å²) in [6, 6.07) is 6.59. The molecule has 0 aliphatic carbocycles. The van der Waals surface area contributed by atoms with Crippen molar-refractivity contribution in [1.82, 2.24) is 9.30 Å². The Kier molecular flexibility index (Phi) is 2.47. The smallest absolute Gasteiger partial charge is 0.329 e. The van der Waals surface area contributed by atoms with Crippen LogP contribution in [0.5, 0.6) is 0 Å². The lowest BCUT2D eigenvalue weighted by molar-refractivity contribution is -0.172. The van der Waals surface area contributed by atoms with Gasteiger partial charge >= 0.3 is 11.8 Å². The van der Waals surface area contributed by atoms with Crippen molar-refractivity contribution in [3.8, 4) is 0 Å². The van der Waals surface area contributed by atoms with Crippen molar-refractivity contribution in [2.45, 2.75) is 11.8 Å². The van der Waals surface area contributed by atoms with Crippen molar-refractivity contribution in [3.63, 3.8) is 0 Å². The molecule has 19 heavy (non-hydrogen) atoms. The normalized spacial score (nSPS) is 21.2. The monoisotopic (exact) mass is 293 g/mol. The second-order valence-electron chi connectivity index (χ2n) is 4.47. The molecule has 1 aliphatic heterocycles. The van der Waals surface area contributed by atoms with E-state index in [1.54, 1.807) is 24.3 Å². The van der Waals surface area contributed by atoms with Crippen LogP contribution in [-0.2, 0) is 0 Å². The summed E-state index contributed by atoms with van der Waals surface area (Å²) in [7, 11) is 0. The molecule has 0 bridgehead atoms. The van der Waals surface area contributed by atoms with Crippen molar-refractivity contribution < 1.29 is 17.6 Å². The molecule has 2 heterocycles. The van der Waals surface area contributed by atoms with Crippen LogP contribution in [0.2, 0.25) is 0 Å². The maximum absolute atomic E-state index is 13.2. The highest BCUT2D eigenvalue weighted by Crippen LogP contribution is 2.43. The Hall–Kier alpha value is -1.50. The fourth-order valence-corrected chi connectivity index (χ4v) is 2.38. The molecule has 0 amide bonds. The molecule has 1 aromatic heterocycles. The lowest BCUT2D eigenvalue weighted by Gasteiger charge is -2.14. The van der Waals surface area contributed by atoms with Gasteiger partial charge in [-0.3, -0.25) is 0 Å². The molecule has 0 N–H and O–H groups in total. The predicted octanol–water partition coefficient (Wildman–Crippen LogP) is 3.13. The molecule has 1 aliphatic rings. The summed E-state index contributed by atoms with van der Waals surface area (Å²) in [4.78, 5) is 0.862. The van der Waals surface area contributed by atoms with E-state index < -0.39 is 24.9 Å². The molecule has 2 aromatic rings. The van der Waals surface area contributed by atoms with Gasteiger partial charge in [0.05, 0.1) is 18.6 Å². The highest BCUT2D eigenvalue weighted by molar-refractivity contribution is 6.19. The summed E-state index contributed by atoms with van der Waals surface area (Å²) in [5.41, 5.74) is 0.484. The molecule has 0 unspecified atom stereocenters. The molecule has 8 heteroatoms. The van der Waals surface area contributed by atoms with Crippen LogP contribution in [0.4, 0.5) is 23.4 Å². The van der Waals surface area contributed by atoms with E-state index in [2.05, 4.69) is 5.10 Å². The van der Waals surface area contributed by atoms with Gasteiger partial charge in [0.2, 0.25) is 0 Å². The van der Waals surface area contributed by atoms with Gasteiger partial charge in [0.25, 0.3) is 0 Å². The third-order valence-electron chi connectivity index (χ3n) is 3.14. The third kappa shape index (κ3) is 1.75. The molecule has 1 saturated heterocycles. The number of hydrogen-bond acceptors (Lipinski definition) is 2. The number of aromatic nitrogens is 2. The first kappa shape index (κ1) is 12.5. The zero-order chi connectivity index (χ0) is 13.8. The molecule has 1 fully saturated rings. The third-order valence-corrected chi connectivity index (χ3v) is 3.40. The molecule has 0 radical (unpaired) electrons. The first-order valence-corrected chi connectivity index (χ1v) is 5.80. The molecule has 0 spiro atoms. The number of para-hydroxylation sites is 1. The average Bonchev–Trinajstić information content (AvgIpc) is 2.76. The molecule has 0 saturated carbocycles. The van der Waals surface area contributed by atoms with Gasteiger partial charge < -0.3 is 4.90 Å². The Morgan fingerprint density at radius 2 is 1.63 bits per heavy atom. The first-order chi connectivity index (χ1) is 8.82. The van der Waals surface area contributed by atoms with E-state index in [1.165, 1.54) is 0 Å². The van der Waals surface area contributed by atoms with E-state index in [9.17, 15) is 17.6 Å². The quantitative estimate of drug-likeness (QED) is 0.753. The van der Waals surface area contributed by atoms with Crippen molar-refractivity contribution >= 4 is 28.5 Å². The van der Waals surface area contributed by atoms with Crippen LogP contribution in [0.1, 0.15) is 0 Å². The minimum Gasteiger partial charge on any atom is -0.342 e. The minimum absolute atomic E-state index is 0.0439. The van der Waals surface area contributed by atoms with E-state index in [4.69, 9.17) is 11.8 Å². The van der Waals surface area contributed by atoms with E-state index in [0.717, 1.165) is 9.10 Å². The average molecular weight is 294 g/mol. The predicted molar refractivity (Wildman–Crippen MR) is 63.1 cm³/mol. The zero-order valence-corrected chi connectivity index (χ0v) is 10.2. The second kappa shape index (κ2) is 3.75. The summed E-state index contributed by atoms with van der Waals surface area (Å²) in [6.45, 7) is -2.14. The van der Waals surface area contributed by atoms with Crippen molar-refractivity contribution in [1.29, 1.82) is 0 Å². The van der Waals surface area contributed by atoms with Gasteiger partial charge in [-0.2, -0.15) is 21.8 Å². The summed E-state index contributed by atoms with van der Waals surface area (Å²) in [5.74, 6) is -8.09. The molecular formula is C11H8ClF4N3. The van der Waals surface area contributed by atoms with E-state index in [0.29, 0.717) is 10.9 Å². The topological polar surface area (TPSA) is 21.1 Å². The number of benzene rings is 1. The van der Waals surface area contributed by atoms with Crippen LogP contribution in [0.3, 0.4) is 0 Å². The zero-order valence-electron chi connectivity index (χ0n) is 9.46. The maximum atomic E-state index is 13.2. The molecule has 102 valence electrons. The number of halogens is 5. The SMILES string of the molecule is FC1(F)CN(c2nn(Cl)c3ccccc23)CC1(F)F. The van der Waals surface area contributed by atoms with Gasteiger partial charge in [0.1, 0.15) is 0 Å². The highest BCUT2D eigenvalue weighted by Gasteiger charge is 2.63. The number of anilines is 1.